The maximum absolute atomic E-state index is 12.8. The number of likely N-dealkylation sites (tertiary alicyclic amines) is 1. The van der Waals surface area contributed by atoms with E-state index in [1.165, 1.54) is 7.05 Å². The number of esters is 1. The van der Waals surface area contributed by atoms with E-state index in [0.717, 1.165) is 16.0 Å². The lowest BCUT2D eigenvalue weighted by Gasteiger charge is -2.31. The Morgan fingerprint density at radius 2 is 1.84 bits per heavy atom. The molecule has 0 radical (unpaired) electrons. The molecule has 2 fully saturated rings. The standard InChI is InChI=1S/C19H24N2O4/c1-5-19(18(24)25-6-2)14-13(16(22)21(4)17(14)23)15(20-19)12-9-7-11(3)8-10-12/h7-10,13-15,20H,5-6H2,1-4H3. The Labute approximate surface area is 147 Å². The van der Waals surface area contributed by atoms with Gasteiger partial charge < -0.3 is 4.74 Å². The Morgan fingerprint density at radius 1 is 1.20 bits per heavy atom. The molecular formula is C19H24N2O4. The van der Waals surface area contributed by atoms with E-state index < -0.39 is 29.4 Å². The van der Waals surface area contributed by atoms with E-state index in [1.807, 2.05) is 38.1 Å². The molecule has 6 nitrogen and oxygen atoms in total. The lowest BCUT2D eigenvalue weighted by atomic mass is 9.78. The number of aryl methyl sites for hydroxylation is 1. The minimum Gasteiger partial charge on any atom is -0.465 e. The first-order chi connectivity index (χ1) is 11.9. The number of imide groups is 1. The molecule has 0 bridgehead atoms. The van der Waals surface area contributed by atoms with Crippen molar-refractivity contribution in [1.82, 2.24) is 10.2 Å². The summed E-state index contributed by atoms with van der Waals surface area (Å²) in [6, 6.07) is 7.42. The predicted molar refractivity (Wildman–Crippen MR) is 91.5 cm³/mol. The van der Waals surface area contributed by atoms with Crippen molar-refractivity contribution in [3.63, 3.8) is 0 Å². The number of hydrogen-bond donors (Lipinski definition) is 1. The number of rotatable bonds is 4. The molecule has 4 atom stereocenters. The Kier molecular flexibility index (Phi) is 4.41. The largest absolute Gasteiger partial charge is 0.465 e. The molecule has 1 N–H and O–H groups in total. The van der Waals surface area contributed by atoms with Gasteiger partial charge in [-0.25, -0.2) is 0 Å². The topological polar surface area (TPSA) is 75.7 Å². The van der Waals surface area contributed by atoms with Crippen LogP contribution in [0.4, 0.5) is 0 Å². The maximum Gasteiger partial charge on any atom is 0.327 e. The van der Waals surface area contributed by atoms with Crippen LogP contribution in [0.1, 0.15) is 37.4 Å². The van der Waals surface area contributed by atoms with Crippen molar-refractivity contribution < 1.29 is 19.1 Å². The van der Waals surface area contributed by atoms with Gasteiger partial charge in [-0.1, -0.05) is 36.8 Å². The number of carbonyl (C=O) groups excluding carboxylic acids is 3. The lowest BCUT2D eigenvalue weighted by Crippen LogP contribution is -2.55. The molecule has 0 aromatic heterocycles. The highest BCUT2D eigenvalue weighted by molar-refractivity contribution is 6.09. The van der Waals surface area contributed by atoms with Crippen LogP contribution >= 0.6 is 0 Å². The predicted octanol–water partition coefficient (Wildman–Crippen LogP) is 1.58. The van der Waals surface area contributed by atoms with Crippen LogP contribution in [0.15, 0.2) is 24.3 Å². The fourth-order valence-electron chi connectivity index (χ4n) is 4.12. The minimum absolute atomic E-state index is 0.229. The summed E-state index contributed by atoms with van der Waals surface area (Å²) in [6.45, 7) is 5.79. The first kappa shape index (κ1) is 17.6. The van der Waals surface area contributed by atoms with Crippen LogP contribution in [0.3, 0.4) is 0 Å². The number of benzene rings is 1. The van der Waals surface area contributed by atoms with Crippen LogP contribution in [0.2, 0.25) is 0 Å². The molecule has 1 aromatic rings. The van der Waals surface area contributed by atoms with Crippen molar-refractivity contribution in [3.05, 3.63) is 35.4 Å². The quantitative estimate of drug-likeness (QED) is 0.663. The molecule has 1 aromatic carbocycles. The maximum atomic E-state index is 12.8. The number of ether oxygens (including phenoxy) is 1. The molecule has 25 heavy (non-hydrogen) atoms. The normalized spacial score (nSPS) is 31.4. The van der Waals surface area contributed by atoms with E-state index >= 15 is 0 Å². The Morgan fingerprint density at radius 3 is 2.40 bits per heavy atom. The third-order valence-corrected chi connectivity index (χ3v) is 5.51. The zero-order valence-electron chi connectivity index (χ0n) is 15.0. The molecule has 4 unspecified atom stereocenters. The number of nitrogens with zero attached hydrogens (tertiary/aromatic N) is 1. The van der Waals surface area contributed by atoms with Crippen LogP contribution in [-0.4, -0.2) is 41.9 Å². The monoisotopic (exact) mass is 344 g/mol. The zero-order chi connectivity index (χ0) is 18.4. The number of nitrogens with one attached hydrogen (secondary N) is 1. The van der Waals surface area contributed by atoms with Gasteiger partial charge >= 0.3 is 5.97 Å². The Balaban J connectivity index is 2.10. The molecule has 2 heterocycles. The molecule has 0 spiro atoms. The van der Waals surface area contributed by atoms with Crippen LogP contribution in [0, 0.1) is 18.8 Å². The highest BCUT2D eigenvalue weighted by atomic mass is 16.5. The van der Waals surface area contributed by atoms with E-state index in [0.29, 0.717) is 6.42 Å². The summed E-state index contributed by atoms with van der Waals surface area (Å²) in [5, 5.41) is 3.32. The van der Waals surface area contributed by atoms with Crippen molar-refractivity contribution in [2.24, 2.45) is 11.8 Å². The molecule has 0 saturated carbocycles. The lowest BCUT2D eigenvalue weighted by molar-refractivity contribution is -0.156. The highest BCUT2D eigenvalue weighted by Crippen LogP contribution is 2.50. The SMILES string of the molecule is CCOC(=O)C1(CC)NC(c2ccc(C)cc2)C2C(=O)N(C)C(=O)C21. The second-order valence-electron chi connectivity index (χ2n) is 6.82. The van der Waals surface area contributed by atoms with Crippen LogP contribution in [0.25, 0.3) is 0 Å². The highest BCUT2D eigenvalue weighted by Gasteiger charge is 2.67. The number of fused-ring (bicyclic) bond motifs is 1. The first-order valence-electron chi connectivity index (χ1n) is 8.70. The van der Waals surface area contributed by atoms with E-state index in [1.54, 1.807) is 6.92 Å². The molecule has 6 heteroatoms. The van der Waals surface area contributed by atoms with Gasteiger partial charge in [0.2, 0.25) is 11.8 Å². The molecule has 2 saturated heterocycles. The van der Waals surface area contributed by atoms with Gasteiger partial charge in [0.25, 0.3) is 0 Å². The van der Waals surface area contributed by atoms with Crippen LogP contribution < -0.4 is 5.32 Å². The van der Waals surface area contributed by atoms with Crippen molar-refractivity contribution in [1.29, 1.82) is 0 Å². The number of carbonyl (C=O) groups is 3. The third kappa shape index (κ3) is 2.47. The van der Waals surface area contributed by atoms with E-state index in [-0.39, 0.29) is 18.4 Å². The zero-order valence-corrected chi connectivity index (χ0v) is 15.0. The number of amides is 2. The molecule has 2 amide bonds. The number of hydrogen-bond acceptors (Lipinski definition) is 5. The van der Waals surface area contributed by atoms with E-state index in [2.05, 4.69) is 5.32 Å². The summed E-state index contributed by atoms with van der Waals surface area (Å²) >= 11 is 0. The van der Waals surface area contributed by atoms with Gasteiger partial charge in [0.05, 0.1) is 18.4 Å². The first-order valence-corrected chi connectivity index (χ1v) is 8.70. The van der Waals surface area contributed by atoms with Crippen LogP contribution in [-0.2, 0) is 19.1 Å². The fraction of sp³-hybridized carbons (Fsp3) is 0.526. The molecule has 3 rings (SSSR count). The average Bonchev–Trinajstić information content (AvgIpc) is 3.06. The summed E-state index contributed by atoms with van der Waals surface area (Å²) < 4.78 is 5.27. The summed E-state index contributed by atoms with van der Waals surface area (Å²) in [6.07, 6.45) is 0.377. The smallest absolute Gasteiger partial charge is 0.327 e. The van der Waals surface area contributed by atoms with Gasteiger partial charge in [0, 0.05) is 13.1 Å². The third-order valence-electron chi connectivity index (χ3n) is 5.51. The van der Waals surface area contributed by atoms with Gasteiger partial charge in [0.1, 0.15) is 5.54 Å². The van der Waals surface area contributed by atoms with Crippen molar-refractivity contribution >= 4 is 17.8 Å². The van der Waals surface area contributed by atoms with Gasteiger partial charge in [0.15, 0.2) is 0 Å². The second kappa shape index (κ2) is 6.26. The molecule has 0 aliphatic carbocycles. The second-order valence-corrected chi connectivity index (χ2v) is 6.82. The van der Waals surface area contributed by atoms with Crippen LogP contribution in [0.5, 0.6) is 0 Å². The molecule has 2 aliphatic rings. The van der Waals surface area contributed by atoms with Gasteiger partial charge in [-0.05, 0) is 25.8 Å². The van der Waals surface area contributed by atoms with E-state index in [4.69, 9.17) is 4.74 Å². The minimum atomic E-state index is -1.17. The van der Waals surface area contributed by atoms with E-state index in [9.17, 15) is 14.4 Å². The Hall–Kier alpha value is -2.21. The van der Waals surface area contributed by atoms with Gasteiger partial charge in [-0.3, -0.25) is 24.6 Å². The molecule has 2 aliphatic heterocycles. The summed E-state index contributed by atoms with van der Waals surface area (Å²) in [4.78, 5) is 39.4. The average molecular weight is 344 g/mol. The van der Waals surface area contributed by atoms with Crippen molar-refractivity contribution in [2.45, 2.75) is 38.8 Å². The molecular weight excluding hydrogens is 320 g/mol. The summed E-state index contributed by atoms with van der Waals surface area (Å²) in [7, 11) is 1.49. The fourth-order valence-corrected chi connectivity index (χ4v) is 4.12. The van der Waals surface area contributed by atoms with Crippen molar-refractivity contribution in [3.8, 4) is 0 Å². The summed E-state index contributed by atoms with van der Waals surface area (Å²) in [5.74, 6) is -2.34. The van der Waals surface area contributed by atoms with Gasteiger partial charge in [-0.15, -0.1) is 0 Å². The molecule has 134 valence electrons. The Bertz CT molecular complexity index is 715. The van der Waals surface area contributed by atoms with Gasteiger partial charge in [-0.2, -0.15) is 0 Å². The summed E-state index contributed by atoms with van der Waals surface area (Å²) in [5.41, 5.74) is 0.835. The van der Waals surface area contributed by atoms with Crippen molar-refractivity contribution in [2.75, 3.05) is 13.7 Å².